The van der Waals surface area contributed by atoms with Gasteiger partial charge < -0.3 is 23.9 Å². The number of benzene rings is 1. The quantitative estimate of drug-likeness (QED) is 0.432. The van der Waals surface area contributed by atoms with Crippen LogP contribution >= 0.6 is 0 Å². The highest BCUT2D eigenvalue weighted by atomic mass is 16.5. The predicted molar refractivity (Wildman–Crippen MR) is 101 cm³/mol. The van der Waals surface area contributed by atoms with E-state index in [0.717, 1.165) is 4.90 Å². The maximum atomic E-state index is 12.7. The average Bonchev–Trinajstić information content (AvgIpc) is 3.29. The molecule has 152 valence electrons. The van der Waals surface area contributed by atoms with Gasteiger partial charge >= 0.3 is 12.0 Å². The second kappa shape index (κ2) is 8.51. The van der Waals surface area contributed by atoms with Gasteiger partial charge in [0.1, 0.15) is 11.5 Å². The van der Waals surface area contributed by atoms with E-state index in [0.29, 0.717) is 23.7 Å². The van der Waals surface area contributed by atoms with Crippen LogP contribution in [0.1, 0.15) is 28.8 Å². The summed E-state index contributed by atoms with van der Waals surface area (Å²) in [6, 6.07) is 7.56. The first-order chi connectivity index (χ1) is 14.0. The van der Waals surface area contributed by atoms with Gasteiger partial charge in [0.05, 0.1) is 27.4 Å². The molecule has 0 bridgehead atoms. The molecule has 1 fully saturated rings. The van der Waals surface area contributed by atoms with Gasteiger partial charge in [-0.15, -0.1) is 0 Å². The van der Waals surface area contributed by atoms with Crippen LogP contribution in [-0.4, -0.2) is 43.6 Å². The van der Waals surface area contributed by atoms with E-state index < -0.39 is 17.9 Å². The highest BCUT2D eigenvalue weighted by molar-refractivity contribution is 6.14. The van der Waals surface area contributed by atoms with Gasteiger partial charge in [0.25, 0.3) is 5.91 Å². The number of amides is 3. The molecule has 2 heterocycles. The lowest BCUT2D eigenvalue weighted by molar-refractivity contribution is -0.123. The molecule has 0 aliphatic carbocycles. The Morgan fingerprint density at radius 1 is 1.21 bits per heavy atom. The predicted octanol–water partition coefficient (Wildman–Crippen LogP) is 2.57. The van der Waals surface area contributed by atoms with E-state index >= 15 is 0 Å². The standard InChI is InChI=1S/C20H20N2O7/c1-4-28-17-12(6-5-7-15(17)26-2)10-14-18(23)22(20(25)21-14)11-13-8-9-16(29-13)19(24)27-3/h5-10H,4,11H2,1-3H3,(H,21,25)/b14-10-. The van der Waals surface area contributed by atoms with Crippen LogP contribution in [0.2, 0.25) is 0 Å². The van der Waals surface area contributed by atoms with Crippen molar-refractivity contribution >= 4 is 24.0 Å². The monoisotopic (exact) mass is 400 g/mol. The number of para-hydroxylation sites is 1. The van der Waals surface area contributed by atoms with E-state index in [9.17, 15) is 14.4 Å². The first-order valence-electron chi connectivity index (χ1n) is 8.79. The first kappa shape index (κ1) is 20.0. The van der Waals surface area contributed by atoms with Crippen molar-refractivity contribution < 1.29 is 33.0 Å². The molecule has 1 aliphatic rings. The Morgan fingerprint density at radius 3 is 2.69 bits per heavy atom. The number of esters is 1. The fourth-order valence-corrected chi connectivity index (χ4v) is 2.81. The highest BCUT2D eigenvalue weighted by Gasteiger charge is 2.34. The summed E-state index contributed by atoms with van der Waals surface area (Å²) in [6.45, 7) is 2.11. The zero-order chi connectivity index (χ0) is 21.0. The summed E-state index contributed by atoms with van der Waals surface area (Å²) in [6.07, 6.45) is 1.52. The minimum Gasteiger partial charge on any atom is -0.493 e. The molecule has 3 amide bonds. The number of imide groups is 1. The molecule has 0 spiro atoms. The van der Waals surface area contributed by atoms with Crippen molar-refractivity contribution in [1.29, 1.82) is 0 Å². The molecule has 1 aliphatic heterocycles. The van der Waals surface area contributed by atoms with Gasteiger partial charge in [-0.25, -0.2) is 9.59 Å². The lowest BCUT2D eigenvalue weighted by Gasteiger charge is -2.12. The number of ether oxygens (including phenoxy) is 3. The largest absolute Gasteiger partial charge is 0.493 e. The van der Waals surface area contributed by atoms with Gasteiger partial charge in [0.15, 0.2) is 11.5 Å². The Hall–Kier alpha value is -3.75. The zero-order valence-electron chi connectivity index (χ0n) is 16.2. The Kier molecular flexibility index (Phi) is 5.87. The Bertz CT molecular complexity index is 977. The fourth-order valence-electron chi connectivity index (χ4n) is 2.81. The van der Waals surface area contributed by atoms with Gasteiger partial charge in [-0.05, 0) is 31.2 Å². The molecule has 9 nitrogen and oxygen atoms in total. The van der Waals surface area contributed by atoms with Crippen LogP contribution in [0, 0.1) is 0 Å². The topological polar surface area (TPSA) is 107 Å². The molecule has 0 saturated carbocycles. The molecule has 9 heteroatoms. The van der Waals surface area contributed by atoms with Gasteiger partial charge in [0.2, 0.25) is 5.76 Å². The molecule has 1 aromatic heterocycles. The van der Waals surface area contributed by atoms with E-state index in [2.05, 4.69) is 10.1 Å². The molecule has 0 radical (unpaired) electrons. The number of urea groups is 1. The van der Waals surface area contributed by atoms with Crippen molar-refractivity contribution in [2.24, 2.45) is 0 Å². The van der Waals surface area contributed by atoms with Gasteiger partial charge in [0, 0.05) is 5.56 Å². The normalized spacial score (nSPS) is 14.9. The molecular weight excluding hydrogens is 380 g/mol. The van der Waals surface area contributed by atoms with E-state index in [1.54, 1.807) is 18.2 Å². The molecular formula is C20H20N2O7. The van der Waals surface area contributed by atoms with E-state index in [1.165, 1.54) is 32.4 Å². The lowest BCUT2D eigenvalue weighted by Crippen LogP contribution is -2.30. The number of carbonyl (C=O) groups is 3. The van der Waals surface area contributed by atoms with E-state index in [1.807, 2.05) is 6.92 Å². The third-order valence-corrected chi connectivity index (χ3v) is 4.14. The molecule has 3 rings (SSSR count). The second-order valence-corrected chi connectivity index (χ2v) is 5.95. The third kappa shape index (κ3) is 4.08. The maximum Gasteiger partial charge on any atom is 0.373 e. The number of rotatable bonds is 7. The molecule has 0 unspecified atom stereocenters. The summed E-state index contributed by atoms with van der Waals surface area (Å²) in [4.78, 5) is 37.5. The number of nitrogens with one attached hydrogen (secondary N) is 1. The van der Waals surface area contributed by atoms with Crippen molar-refractivity contribution in [3.05, 3.63) is 53.1 Å². The molecule has 1 saturated heterocycles. The van der Waals surface area contributed by atoms with Crippen molar-refractivity contribution in [3.63, 3.8) is 0 Å². The lowest BCUT2D eigenvalue weighted by atomic mass is 10.1. The zero-order valence-corrected chi connectivity index (χ0v) is 16.2. The Labute approximate surface area is 166 Å². The minimum absolute atomic E-state index is 0.0111. The van der Waals surface area contributed by atoms with Crippen LogP contribution in [0.25, 0.3) is 6.08 Å². The maximum absolute atomic E-state index is 12.7. The summed E-state index contributed by atoms with van der Waals surface area (Å²) < 4.78 is 20.8. The number of nitrogens with zero attached hydrogens (tertiary/aromatic N) is 1. The fraction of sp³-hybridized carbons (Fsp3) is 0.250. The highest BCUT2D eigenvalue weighted by Crippen LogP contribution is 2.33. The number of hydrogen-bond donors (Lipinski definition) is 1. The Morgan fingerprint density at radius 2 is 2.00 bits per heavy atom. The third-order valence-electron chi connectivity index (χ3n) is 4.14. The summed E-state index contributed by atoms with van der Waals surface area (Å²) >= 11 is 0. The molecule has 0 atom stereocenters. The number of hydrogen-bond acceptors (Lipinski definition) is 7. The second-order valence-electron chi connectivity index (χ2n) is 5.95. The number of carbonyl (C=O) groups excluding carboxylic acids is 3. The summed E-state index contributed by atoms with van der Waals surface area (Å²) in [5, 5.41) is 2.54. The van der Waals surface area contributed by atoms with Crippen LogP contribution in [-0.2, 0) is 16.1 Å². The van der Waals surface area contributed by atoms with Crippen molar-refractivity contribution in [3.8, 4) is 11.5 Å². The smallest absolute Gasteiger partial charge is 0.373 e. The van der Waals surface area contributed by atoms with Crippen molar-refractivity contribution in [2.75, 3.05) is 20.8 Å². The van der Waals surface area contributed by atoms with Crippen LogP contribution < -0.4 is 14.8 Å². The van der Waals surface area contributed by atoms with Crippen LogP contribution in [0.4, 0.5) is 4.79 Å². The van der Waals surface area contributed by atoms with E-state index in [-0.39, 0.29) is 23.8 Å². The summed E-state index contributed by atoms with van der Waals surface area (Å²) in [5.41, 5.74) is 0.673. The molecule has 1 N–H and O–H groups in total. The molecule has 2 aromatic rings. The van der Waals surface area contributed by atoms with Crippen LogP contribution in [0.5, 0.6) is 11.5 Å². The summed E-state index contributed by atoms with van der Waals surface area (Å²) in [5.74, 6) is 0.0707. The molecule has 1 aromatic carbocycles. The van der Waals surface area contributed by atoms with Gasteiger partial charge in [-0.2, -0.15) is 0 Å². The minimum atomic E-state index is -0.643. The van der Waals surface area contributed by atoms with Crippen LogP contribution in [0.15, 0.2) is 40.4 Å². The first-order valence-corrected chi connectivity index (χ1v) is 8.79. The van der Waals surface area contributed by atoms with Gasteiger partial charge in [-0.1, -0.05) is 12.1 Å². The number of methoxy groups -OCH3 is 2. The van der Waals surface area contributed by atoms with E-state index in [4.69, 9.17) is 13.9 Å². The van der Waals surface area contributed by atoms with Crippen LogP contribution in [0.3, 0.4) is 0 Å². The van der Waals surface area contributed by atoms with Crippen molar-refractivity contribution in [1.82, 2.24) is 10.2 Å². The van der Waals surface area contributed by atoms with Gasteiger partial charge in [-0.3, -0.25) is 9.69 Å². The van der Waals surface area contributed by atoms with Crippen molar-refractivity contribution in [2.45, 2.75) is 13.5 Å². The number of furan rings is 1. The summed E-state index contributed by atoms with van der Waals surface area (Å²) in [7, 11) is 2.75. The SMILES string of the molecule is CCOc1c(/C=C2\NC(=O)N(Cc3ccc(C(=O)OC)o3)C2=O)cccc1OC. The molecule has 29 heavy (non-hydrogen) atoms. The Balaban J connectivity index is 1.84. The average molecular weight is 400 g/mol.